The van der Waals surface area contributed by atoms with Gasteiger partial charge in [-0.25, -0.2) is 0 Å². The van der Waals surface area contributed by atoms with E-state index in [0.717, 1.165) is 31.9 Å². The molecule has 0 atom stereocenters. The van der Waals surface area contributed by atoms with Crippen LogP contribution in [0.1, 0.15) is 0 Å². The average molecular weight is 333 g/mol. The van der Waals surface area contributed by atoms with Gasteiger partial charge in [-0.3, -0.25) is 9.59 Å². The molecule has 1 saturated heterocycles. The van der Waals surface area contributed by atoms with Crippen LogP contribution in [0.3, 0.4) is 0 Å². The number of nitrogens with one attached hydrogen (secondary N) is 2. The molecule has 7 nitrogen and oxygen atoms in total. The van der Waals surface area contributed by atoms with Gasteiger partial charge in [-0.2, -0.15) is 0 Å². The van der Waals surface area contributed by atoms with Gasteiger partial charge in [0.1, 0.15) is 0 Å². The lowest BCUT2D eigenvalue weighted by Crippen LogP contribution is -2.44. The zero-order chi connectivity index (χ0) is 17.5. The highest BCUT2D eigenvalue weighted by atomic mass is 16.2. The van der Waals surface area contributed by atoms with Gasteiger partial charge >= 0.3 is 11.8 Å². The van der Waals surface area contributed by atoms with Gasteiger partial charge in [0, 0.05) is 50.6 Å². The van der Waals surface area contributed by atoms with Gasteiger partial charge < -0.3 is 25.3 Å². The standard InChI is InChI=1S/C17H27N5O2/c1-20(2)9-8-18-16(23)17(24)19-14-4-6-15(7-5-14)22-12-10-21(3)11-13-22/h4-7H,8-13H2,1-3H3,(H,18,23)(H,19,24). The van der Waals surface area contributed by atoms with Gasteiger partial charge in [0.2, 0.25) is 0 Å². The maximum atomic E-state index is 11.9. The number of amides is 2. The summed E-state index contributed by atoms with van der Waals surface area (Å²) in [5.74, 6) is -1.25. The molecule has 0 saturated carbocycles. The van der Waals surface area contributed by atoms with E-state index in [2.05, 4.69) is 27.5 Å². The van der Waals surface area contributed by atoms with E-state index in [4.69, 9.17) is 0 Å². The van der Waals surface area contributed by atoms with Gasteiger partial charge in [-0.1, -0.05) is 0 Å². The quantitative estimate of drug-likeness (QED) is 0.746. The summed E-state index contributed by atoms with van der Waals surface area (Å²) in [6, 6.07) is 7.62. The summed E-state index contributed by atoms with van der Waals surface area (Å²) in [5.41, 5.74) is 1.76. The summed E-state index contributed by atoms with van der Waals surface area (Å²) in [4.78, 5) is 30.1. The van der Waals surface area contributed by atoms with Crippen molar-refractivity contribution in [1.29, 1.82) is 0 Å². The number of hydrogen-bond acceptors (Lipinski definition) is 5. The molecular weight excluding hydrogens is 306 g/mol. The predicted octanol–water partition coefficient (Wildman–Crippen LogP) is 0.0547. The molecule has 1 aliphatic heterocycles. The molecule has 2 rings (SSSR count). The summed E-state index contributed by atoms with van der Waals surface area (Å²) >= 11 is 0. The van der Waals surface area contributed by atoms with Gasteiger partial charge in [0.25, 0.3) is 0 Å². The second kappa shape index (κ2) is 8.65. The fraction of sp³-hybridized carbons (Fsp3) is 0.529. The maximum Gasteiger partial charge on any atom is 0.313 e. The summed E-state index contributed by atoms with van der Waals surface area (Å²) in [6.45, 7) is 5.23. The van der Waals surface area contributed by atoms with Crippen LogP contribution in [0.15, 0.2) is 24.3 Å². The van der Waals surface area contributed by atoms with Gasteiger partial charge in [-0.05, 0) is 45.4 Å². The van der Waals surface area contributed by atoms with Crippen molar-refractivity contribution in [3.63, 3.8) is 0 Å². The Kier molecular flexibility index (Phi) is 6.57. The van der Waals surface area contributed by atoms with E-state index in [1.165, 1.54) is 0 Å². The Morgan fingerprint density at radius 3 is 2.25 bits per heavy atom. The van der Waals surface area contributed by atoms with E-state index in [1.54, 1.807) is 0 Å². The molecule has 0 radical (unpaired) electrons. The highest BCUT2D eigenvalue weighted by Crippen LogP contribution is 2.19. The van der Waals surface area contributed by atoms with Crippen LogP contribution in [0.2, 0.25) is 0 Å². The first-order chi connectivity index (χ1) is 11.5. The lowest BCUT2D eigenvalue weighted by atomic mass is 10.2. The number of nitrogens with zero attached hydrogens (tertiary/aromatic N) is 3. The number of benzene rings is 1. The fourth-order valence-corrected chi connectivity index (χ4v) is 2.48. The SMILES string of the molecule is CN(C)CCNC(=O)C(=O)Nc1ccc(N2CCN(C)CC2)cc1. The third kappa shape index (κ3) is 5.50. The van der Waals surface area contributed by atoms with E-state index < -0.39 is 11.8 Å². The van der Waals surface area contributed by atoms with E-state index in [9.17, 15) is 9.59 Å². The Balaban J connectivity index is 1.82. The van der Waals surface area contributed by atoms with Crippen LogP contribution >= 0.6 is 0 Å². The van der Waals surface area contributed by atoms with E-state index >= 15 is 0 Å². The van der Waals surface area contributed by atoms with E-state index in [1.807, 2.05) is 43.3 Å². The monoisotopic (exact) mass is 333 g/mol. The lowest BCUT2D eigenvalue weighted by molar-refractivity contribution is -0.136. The van der Waals surface area contributed by atoms with E-state index in [0.29, 0.717) is 18.8 Å². The number of likely N-dealkylation sites (N-methyl/N-ethyl adjacent to an activating group) is 2. The van der Waals surface area contributed by atoms with Crippen molar-refractivity contribution in [3.05, 3.63) is 24.3 Å². The highest BCUT2D eigenvalue weighted by Gasteiger charge is 2.15. The van der Waals surface area contributed by atoms with Crippen LogP contribution in [-0.2, 0) is 9.59 Å². The molecule has 0 aliphatic carbocycles. The third-order valence-corrected chi connectivity index (χ3v) is 4.04. The minimum Gasteiger partial charge on any atom is -0.369 e. The van der Waals surface area contributed by atoms with Gasteiger partial charge in [0.05, 0.1) is 0 Å². The Labute approximate surface area is 143 Å². The van der Waals surface area contributed by atoms with Crippen molar-refractivity contribution in [3.8, 4) is 0 Å². The Bertz CT molecular complexity index is 551. The molecule has 7 heteroatoms. The molecule has 2 amide bonds. The smallest absolute Gasteiger partial charge is 0.313 e. The normalized spacial score (nSPS) is 15.4. The number of piperazine rings is 1. The van der Waals surface area contributed by atoms with Crippen LogP contribution in [0.4, 0.5) is 11.4 Å². The van der Waals surface area contributed by atoms with Crippen LogP contribution in [-0.4, -0.2) is 82.0 Å². The van der Waals surface area contributed by atoms with Crippen molar-refractivity contribution in [1.82, 2.24) is 15.1 Å². The molecule has 24 heavy (non-hydrogen) atoms. The summed E-state index contributed by atoms with van der Waals surface area (Å²) in [6.07, 6.45) is 0. The molecule has 1 heterocycles. The van der Waals surface area contributed by atoms with Crippen LogP contribution in [0, 0.1) is 0 Å². The minimum atomic E-state index is -0.638. The zero-order valence-electron chi connectivity index (χ0n) is 14.7. The molecule has 1 aliphatic rings. The van der Waals surface area contributed by atoms with Crippen molar-refractivity contribution in [2.45, 2.75) is 0 Å². The molecule has 0 bridgehead atoms. The largest absolute Gasteiger partial charge is 0.369 e. The molecule has 1 aromatic rings. The van der Waals surface area contributed by atoms with E-state index in [-0.39, 0.29) is 0 Å². The summed E-state index contributed by atoms with van der Waals surface area (Å²) in [7, 11) is 5.95. The molecule has 132 valence electrons. The van der Waals surface area contributed by atoms with Crippen molar-refractivity contribution in [2.24, 2.45) is 0 Å². The number of carbonyl (C=O) groups excluding carboxylic acids is 2. The number of carbonyl (C=O) groups is 2. The van der Waals surface area contributed by atoms with Gasteiger partial charge in [-0.15, -0.1) is 0 Å². The third-order valence-electron chi connectivity index (χ3n) is 4.04. The van der Waals surface area contributed by atoms with Crippen molar-refractivity contribution in [2.75, 3.05) is 70.6 Å². The number of rotatable bonds is 5. The first-order valence-electron chi connectivity index (χ1n) is 8.23. The molecule has 0 unspecified atom stereocenters. The topological polar surface area (TPSA) is 67.9 Å². The zero-order valence-corrected chi connectivity index (χ0v) is 14.7. The Morgan fingerprint density at radius 2 is 1.67 bits per heavy atom. The molecule has 0 aromatic heterocycles. The Morgan fingerprint density at radius 1 is 1.04 bits per heavy atom. The average Bonchev–Trinajstić information content (AvgIpc) is 2.56. The second-order valence-corrected chi connectivity index (χ2v) is 6.35. The Hall–Kier alpha value is -2.12. The fourth-order valence-electron chi connectivity index (χ4n) is 2.48. The van der Waals surface area contributed by atoms with Crippen LogP contribution < -0.4 is 15.5 Å². The highest BCUT2D eigenvalue weighted by molar-refractivity contribution is 6.39. The second-order valence-electron chi connectivity index (χ2n) is 6.35. The first-order valence-corrected chi connectivity index (χ1v) is 8.23. The molecule has 1 fully saturated rings. The van der Waals surface area contributed by atoms with Crippen molar-refractivity contribution < 1.29 is 9.59 Å². The first kappa shape index (κ1) is 18.2. The van der Waals surface area contributed by atoms with Crippen LogP contribution in [0.25, 0.3) is 0 Å². The van der Waals surface area contributed by atoms with Gasteiger partial charge in [0.15, 0.2) is 0 Å². The maximum absolute atomic E-state index is 11.9. The lowest BCUT2D eigenvalue weighted by Gasteiger charge is -2.34. The van der Waals surface area contributed by atoms with Crippen molar-refractivity contribution >= 4 is 23.2 Å². The number of hydrogen-bond donors (Lipinski definition) is 2. The molecule has 0 spiro atoms. The molecule has 1 aromatic carbocycles. The number of anilines is 2. The predicted molar refractivity (Wildman–Crippen MR) is 96.3 cm³/mol. The molecular formula is C17H27N5O2. The molecule has 2 N–H and O–H groups in total. The van der Waals surface area contributed by atoms with Crippen LogP contribution in [0.5, 0.6) is 0 Å². The summed E-state index contributed by atoms with van der Waals surface area (Å²) < 4.78 is 0. The summed E-state index contributed by atoms with van der Waals surface area (Å²) in [5, 5.41) is 5.22. The minimum absolute atomic E-state index is 0.446.